The first-order valence-corrected chi connectivity index (χ1v) is 9.13. The Hall–Kier alpha value is -1.63. The summed E-state index contributed by atoms with van der Waals surface area (Å²) in [5, 5.41) is 2.89. The van der Waals surface area contributed by atoms with Gasteiger partial charge in [-0.05, 0) is 37.5 Å². The second-order valence-electron chi connectivity index (χ2n) is 5.81. The molecule has 0 radical (unpaired) electrons. The van der Waals surface area contributed by atoms with Gasteiger partial charge in [0.05, 0.1) is 5.75 Å². The number of piperidine rings is 1. The van der Waals surface area contributed by atoms with Gasteiger partial charge in [0, 0.05) is 30.4 Å². The van der Waals surface area contributed by atoms with E-state index in [1.54, 1.807) is 4.90 Å². The molecule has 2 rings (SSSR count). The summed E-state index contributed by atoms with van der Waals surface area (Å²) in [7, 11) is 0. The van der Waals surface area contributed by atoms with Crippen LogP contribution in [0.2, 0.25) is 0 Å². The number of thioether (sulfide) groups is 1. The molecule has 0 aliphatic carbocycles. The highest BCUT2D eigenvalue weighted by Crippen LogP contribution is 2.23. The number of hydrogen-bond donors (Lipinski definition) is 1. The molecule has 1 saturated heterocycles. The van der Waals surface area contributed by atoms with Crippen molar-refractivity contribution in [3.63, 3.8) is 0 Å². The van der Waals surface area contributed by atoms with Gasteiger partial charge in [-0.3, -0.25) is 9.59 Å². The zero-order valence-electron chi connectivity index (χ0n) is 13.7. The molecule has 1 N–H and O–H groups in total. The fraction of sp³-hybridized carbons (Fsp3) is 0.529. The summed E-state index contributed by atoms with van der Waals surface area (Å²) >= 11 is 1.19. The van der Waals surface area contributed by atoms with Crippen molar-refractivity contribution >= 4 is 23.6 Å². The van der Waals surface area contributed by atoms with Gasteiger partial charge in [0.1, 0.15) is 0 Å². The summed E-state index contributed by atoms with van der Waals surface area (Å²) in [4.78, 5) is 26.4. The van der Waals surface area contributed by atoms with Crippen molar-refractivity contribution in [2.45, 2.75) is 31.1 Å². The predicted octanol–water partition coefficient (Wildman–Crippen LogP) is 2.82. The summed E-state index contributed by atoms with van der Waals surface area (Å²) in [6.45, 7) is 3.80. The second-order valence-corrected chi connectivity index (χ2v) is 6.86. The van der Waals surface area contributed by atoms with Gasteiger partial charge in [-0.2, -0.15) is 0 Å². The molecule has 2 amide bonds. The van der Waals surface area contributed by atoms with Crippen molar-refractivity contribution in [3.05, 3.63) is 29.8 Å². The molecule has 1 aliphatic rings. The molecule has 1 heterocycles. The predicted molar refractivity (Wildman–Crippen MR) is 89.7 cm³/mol. The quantitative estimate of drug-likeness (QED) is 0.798. The van der Waals surface area contributed by atoms with E-state index in [-0.39, 0.29) is 23.5 Å². The Morgan fingerprint density at radius 1 is 1.25 bits per heavy atom. The van der Waals surface area contributed by atoms with Crippen LogP contribution in [0.5, 0.6) is 0 Å². The maximum atomic E-state index is 13.1. The lowest BCUT2D eigenvalue weighted by Crippen LogP contribution is -2.43. The van der Waals surface area contributed by atoms with Crippen LogP contribution in [0.4, 0.5) is 8.78 Å². The number of rotatable bonds is 6. The summed E-state index contributed by atoms with van der Waals surface area (Å²) in [5.74, 6) is -1.63. The number of nitrogens with zero attached hydrogens (tertiary/aromatic N) is 1. The maximum Gasteiger partial charge on any atom is 0.232 e. The van der Waals surface area contributed by atoms with E-state index in [1.807, 2.05) is 6.92 Å². The lowest BCUT2D eigenvalue weighted by Gasteiger charge is -2.31. The highest BCUT2D eigenvalue weighted by molar-refractivity contribution is 8.00. The molecule has 7 heteroatoms. The number of likely N-dealkylation sites (tertiary alicyclic amines) is 1. The van der Waals surface area contributed by atoms with Crippen LogP contribution in [0, 0.1) is 17.6 Å². The Kier molecular flexibility index (Phi) is 7.02. The molecule has 1 aromatic carbocycles. The molecule has 24 heavy (non-hydrogen) atoms. The normalized spacial score (nSPS) is 15.4. The number of halogens is 2. The van der Waals surface area contributed by atoms with Crippen LogP contribution in [0.15, 0.2) is 23.1 Å². The molecule has 0 bridgehead atoms. The number of amides is 2. The van der Waals surface area contributed by atoms with E-state index >= 15 is 0 Å². The molecule has 4 nitrogen and oxygen atoms in total. The van der Waals surface area contributed by atoms with E-state index in [1.165, 1.54) is 17.8 Å². The van der Waals surface area contributed by atoms with Crippen LogP contribution in [0.25, 0.3) is 0 Å². The topological polar surface area (TPSA) is 49.4 Å². The molecule has 1 aromatic rings. The lowest BCUT2D eigenvalue weighted by atomic mass is 9.96. The second kappa shape index (κ2) is 9.01. The van der Waals surface area contributed by atoms with Gasteiger partial charge in [-0.25, -0.2) is 8.78 Å². The van der Waals surface area contributed by atoms with Crippen molar-refractivity contribution in [2.24, 2.45) is 5.92 Å². The largest absolute Gasteiger partial charge is 0.356 e. The summed E-state index contributed by atoms with van der Waals surface area (Å²) in [6, 6.07) is 3.61. The zero-order chi connectivity index (χ0) is 17.5. The number of hydrogen-bond acceptors (Lipinski definition) is 3. The van der Waals surface area contributed by atoms with Crippen molar-refractivity contribution in [1.29, 1.82) is 0 Å². The standard InChI is InChI=1S/C17H22F2N2O2S/c1-2-7-20-17(23)12-5-8-21(9-6-12)16(22)11-24-13-3-4-14(18)15(19)10-13/h3-4,10,12H,2,5-9,11H2,1H3,(H,20,23). The lowest BCUT2D eigenvalue weighted by molar-refractivity contribution is -0.133. The van der Waals surface area contributed by atoms with Crippen LogP contribution in [0.3, 0.4) is 0 Å². The minimum absolute atomic E-state index is 0.0283. The first-order valence-electron chi connectivity index (χ1n) is 8.14. The SMILES string of the molecule is CCCNC(=O)C1CCN(C(=O)CSc2ccc(F)c(F)c2)CC1. The summed E-state index contributed by atoms with van der Waals surface area (Å²) < 4.78 is 26.0. The third-order valence-corrected chi connectivity index (χ3v) is 5.00. The Labute approximate surface area is 145 Å². The first-order chi connectivity index (χ1) is 11.5. The van der Waals surface area contributed by atoms with E-state index < -0.39 is 11.6 Å². The van der Waals surface area contributed by atoms with Gasteiger partial charge in [0.2, 0.25) is 11.8 Å². The third kappa shape index (κ3) is 5.19. The fourth-order valence-electron chi connectivity index (χ4n) is 2.59. The molecule has 0 saturated carbocycles. The zero-order valence-corrected chi connectivity index (χ0v) is 14.5. The number of benzene rings is 1. The molecule has 0 aromatic heterocycles. The Morgan fingerprint density at radius 3 is 2.58 bits per heavy atom. The van der Waals surface area contributed by atoms with Crippen LogP contribution in [0.1, 0.15) is 26.2 Å². The third-order valence-electron chi connectivity index (χ3n) is 4.02. The molecule has 1 fully saturated rings. The van der Waals surface area contributed by atoms with E-state index in [4.69, 9.17) is 0 Å². The van der Waals surface area contributed by atoms with Gasteiger partial charge in [-0.15, -0.1) is 11.8 Å². The monoisotopic (exact) mass is 356 g/mol. The first kappa shape index (κ1) is 18.7. The molecule has 0 unspecified atom stereocenters. The van der Waals surface area contributed by atoms with Crippen LogP contribution >= 0.6 is 11.8 Å². The van der Waals surface area contributed by atoms with E-state index in [9.17, 15) is 18.4 Å². The minimum atomic E-state index is -0.911. The van der Waals surface area contributed by atoms with Gasteiger partial charge in [-0.1, -0.05) is 6.92 Å². The smallest absolute Gasteiger partial charge is 0.232 e. The molecular formula is C17H22F2N2O2S. The number of carbonyl (C=O) groups excluding carboxylic acids is 2. The minimum Gasteiger partial charge on any atom is -0.356 e. The average molecular weight is 356 g/mol. The Morgan fingerprint density at radius 2 is 1.96 bits per heavy atom. The highest BCUT2D eigenvalue weighted by Gasteiger charge is 2.26. The summed E-state index contributed by atoms with van der Waals surface area (Å²) in [5.41, 5.74) is 0. The molecular weight excluding hydrogens is 334 g/mol. The number of carbonyl (C=O) groups is 2. The fourth-order valence-corrected chi connectivity index (χ4v) is 3.41. The van der Waals surface area contributed by atoms with Crippen LogP contribution in [-0.2, 0) is 9.59 Å². The van der Waals surface area contributed by atoms with Crippen molar-refractivity contribution in [2.75, 3.05) is 25.4 Å². The maximum absolute atomic E-state index is 13.1. The van der Waals surface area contributed by atoms with Crippen molar-refractivity contribution < 1.29 is 18.4 Å². The van der Waals surface area contributed by atoms with Gasteiger partial charge < -0.3 is 10.2 Å². The molecule has 0 atom stereocenters. The van der Waals surface area contributed by atoms with Gasteiger partial charge in [0.15, 0.2) is 11.6 Å². The van der Waals surface area contributed by atoms with Crippen molar-refractivity contribution in [3.8, 4) is 0 Å². The van der Waals surface area contributed by atoms with Gasteiger partial charge in [0.25, 0.3) is 0 Å². The van der Waals surface area contributed by atoms with Gasteiger partial charge >= 0.3 is 0 Å². The Balaban J connectivity index is 1.76. The highest BCUT2D eigenvalue weighted by atomic mass is 32.2. The average Bonchev–Trinajstić information content (AvgIpc) is 2.60. The Bertz CT molecular complexity index is 590. The van der Waals surface area contributed by atoms with Crippen molar-refractivity contribution in [1.82, 2.24) is 10.2 Å². The van der Waals surface area contributed by atoms with Crippen LogP contribution in [-0.4, -0.2) is 42.1 Å². The molecule has 132 valence electrons. The molecule has 0 spiro atoms. The summed E-state index contributed by atoms with van der Waals surface area (Å²) in [6.07, 6.45) is 2.23. The van der Waals surface area contributed by atoms with E-state index in [0.29, 0.717) is 37.4 Å². The molecule has 1 aliphatic heterocycles. The van der Waals surface area contributed by atoms with E-state index in [0.717, 1.165) is 18.6 Å². The number of nitrogens with one attached hydrogen (secondary N) is 1. The van der Waals surface area contributed by atoms with E-state index in [2.05, 4.69) is 5.32 Å². The van der Waals surface area contributed by atoms with Crippen LogP contribution < -0.4 is 5.32 Å².